The predicted octanol–water partition coefficient (Wildman–Crippen LogP) is 5.32. The van der Waals surface area contributed by atoms with Crippen LogP contribution in [-0.2, 0) is 9.53 Å². The minimum absolute atomic E-state index is 0.187. The first kappa shape index (κ1) is 21.5. The predicted molar refractivity (Wildman–Crippen MR) is 114 cm³/mol. The van der Waals surface area contributed by atoms with Crippen molar-refractivity contribution >= 4 is 17.6 Å². The number of ether oxygens (including phenoxy) is 3. The lowest BCUT2D eigenvalue weighted by atomic mass is 10.2. The third-order valence-corrected chi connectivity index (χ3v) is 4.82. The first-order chi connectivity index (χ1) is 13.8. The molecule has 0 aliphatic carbocycles. The van der Waals surface area contributed by atoms with Crippen molar-refractivity contribution in [2.24, 2.45) is 0 Å². The van der Waals surface area contributed by atoms with Crippen LogP contribution in [0.2, 0.25) is 5.02 Å². The average Bonchev–Trinajstić information content (AvgIpc) is 3.08. The maximum absolute atomic E-state index is 12.1. The van der Waals surface area contributed by atoms with Gasteiger partial charge in [-0.25, -0.2) is 0 Å². The number of hydrogen-bond acceptors (Lipinski definition) is 5. The summed E-state index contributed by atoms with van der Waals surface area (Å²) in [6.07, 6.45) is 2.07. The maximum Gasteiger partial charge on any atom is 0.320 e. The van der Waals surface area contributed by atoms with Crippen molar-refractivity contribution < 1.29 is 19.0 Å². The van der Waals surface area contributed by atoms with Gasteiger partial charge < -0.3 is 14.2 Å². The highest BCUT2D eigenvalue weighted by molar-refractivity contribution is 6.30. The highest BCUT2D eigenvalue weighted by atomic mass is 35.5. The van der Waals surface area contributed by atoms with E-state index >= 15 is 0 Å². The van der Waals surface area contributed by atoms with Gasteiger partial charge in [0.15, 0.2) is 0 Å². The summed E-state index contributed by atoms with van der Waals surface area (Å²) in [6.45, 7) is 7.39. The van der Waals surface area contributed by atoms with E-state index in [1.165, 1.54) is 0 Å². The molecule has 156 valence electrons. The Labute approximate surface area is 177 Å². The lowest BCUT2D eigenvalue weighted by Gasteiger charge is -2.26. The van der Waals surface area contributed by atoms with Gasteiger partial charge in [0.25, 0.3) is 0 Å². The second-order valence-electron chi connectivity index (χ2n) is 8.19. The molecule has 1 unspecified atom stereocenters. The van der Waals surface area contributed by atoms with Crippen molar-refractivity contribution in [1.29, 1.82) is 0 Å². The van der Waals surface area contributed by atoms with Crippen molar-refractivity contribution in [2.75, 3.05) is 19.7 Å². The molecular formula is C23H28ClNO4. The fraction of sp³-hybridized carbons (Fsp3) is 0.435. The Morgan fingerprint density at radius 3 is 2.24 bits per heavy atom. The zero-order valence-electron chi connectivity index (χ0n) is 17.2. The van der Waals surface area contributed by atoms with E-state index in [0.717, 1.165) is 36.6 Å². The van der Waals surface area contributed by atoms with Gasteiger partial charge in [0.05, 0.1) is 6.54 Å². The molecule has 2 aromatic carbocycles. The first-order valence-electron chi connectivity index (χ1n) is 9.91. The number of nitrogens with zero attached hydrogens (tertiary/aromatic N) is 1. The molecule has 6 heteroatoms. The number of halogens is 1. The third kappa shape index (κ3) is 6.94. The van der Waals surface area contributed by atoms with Gasteiger partial charge in [0.1, 0.15) is 29.5 Å². The monoisotopic (exact) mass is 417 g/mol. The number of benzene rings is 2. The van der Waals surface area contributed by atoms with Gasteiger partial charge in [-0.05, 0) is 88.7 Å². The van der Waals surface area contributed by atoms with Crippen LogP contribution in [0.4, 0.5) is 0 Å². The van der Waals surface area contributed by atoms with E-state index in [1.54, 1.807) is 12.1 Å². The van der Waals surface area contributed by atoms with Gasteiger partial charge in [0.2, 0.25) is 0 Å². The zero-order valence-corrected chi connectivity index (χ0v) is 17.9. The summed E-state index contributed by atoms with van der Waals surface area (Å²) in [6, 6.07) is 15.0. The molecule has 0 radical (unpaired) electrons. The third-order valence-electron chi connectivity index (χ3n) is 4.57. The largest absolute Gasteiger partial charge is 0.492 e. The molecule has 2 aromatic rings. The van der Waals surface area contributed by atoms with Gasteiger partial charge in [-0.15, -0.1) is 0 Å². The SMILES string of the molecule is CC(C)(C)OC(=O)CN1CCCC1COc1ccc(Oc2ccc(Cl)cc2)cc1. The molecule has 1 aliphatic rings. The number of hydrogen-bond donors (Lipinski definition) is 0. The van der Waals surface area contributed by atoms with E-state index in [2.05, 4.69) is 4.90 Å². The molecule has 0 saturated carbocycles. The highest BCUT2D eigenvalue weighted by Gasteiger charge is 2.28. The van der Waals surface area contributed by atoms with E-state index < -0.39 is 5.60 Å². The lowest BCUT2D eigenvalue weighted by Crippen LogP contribution is -2.40. The van der Waals surface area contributed by atoms with Crippen LogP contribution in [0.3, 0.4) is 0 Å². The standard InChI is InChI=1S/C23H28ClNO4/c1-23(2,3)29-22(26)15-25-14-4-5-18(25)16-27-19-10-12-21(13-11-19)28-20-8-6-17(24)7-9-20/h6-13,18H,4-5,14-16H2,1-3H3. The Morgan fingerprint density at radius 2 is 1.62 bits per heavy atom. The van der Waals surface area contributed by atoms with E-state index in [0.29, 0.717) is 18.2 Å². The Hall–Kier alpha value is -2.24. The molecule has 0 N–H and O–H groups in total. The number of carbonyl (C=O) groups is 1. The summed E-state index contributed by atoms with van der Waals surface area (Å²) < 4.78 is 17.2. The molecule has 0 bridgehead atoms. The van der Waals surface area contributed by atoms with Crippen LogP contribution in [-0.4, -0.2) is 42.2 Å². The summed E-state index contributed by atoms with van der Waals surface area (Å²) in [5.41, 5.74) is -0.460. The van der Waals surface area contributed by atoms with Gasteiger partial charge in [-0.1, -0.05) is 11.6 Å². The molecular weight excluding hydrogens is 390 g/mol. The summed E-state index contributed by atoms with van der Waals surface area (Å²) in [5.74, 6) is 2.05. The highest BCUT2D eigenvalue weighted by Crippen LogP contribution is 2.26. The summed E-state index contributed by atoms with van der Waals surface area (Å²) in [5, 5.41) is 0.675. The molecule has 1 aliphatic heterocycles. The Bertz CT molecular complexity index is 799. The van der Waals surface area contributed by atoms with Crippen LogP contribution in [0.25, 0.3) is 0 Å². The second-order valence-corrected chi connectivity index (χ2v) is 8.63. The zero-order chi connectivity index (χ0) is 20.9. The fourth-order valence-electron chi connectivity index (χ4n) is 3.27. The van der Waals surface area contributed by atoms with Gasteiger partial charge in [0, 0.05) is 11.1 Å². The van der Waals surface area contributed by atoms with E-state index in [1.807, 2.05) is 57.2 Å². The molecule has 1 atom stereocenters. The van der Waals surface area contributed by atoms with Crippen LogP contribution >= 0.6 is 11.6 Å². The second kappa shape index (κ2) is 9.51. The normalized spacial score (nSPS) is 17.2. The molecule has 0 spiro atoms. The Kier molecular flexibility index (Phi) is 7.04. The number of rotatable bonds is 7. The van der Waals surface area contributed by atoms with E-state index in [4.69, 9.17) is 25.8 Å². The first-order valence-corrected chi connectivity index (χ1v) is 10.3. The quantitative estimate of drug-likeness (QED) is 0.571. The van der Waals surface area contributed by atoms with E-state index in [9.17, 15) is 4.79 Å². The number of esters is 1. The maximum atomic E-state index is 12.1. The Balaban J connectivity index is 1.48. The van der Waals surface area contributed by atoms with Crippen molar-refractivity contribution in [3.8, 4) is 17.2 Å². The Morgan fingerprint density at radius 1 is 1.03 bits per heavy atom. The van der Waals surface area contributed by atoms with Crippen molar-refractivity contribution in [3.63, 3.8) is 0 Å². The molecule has 0 amide bonds. The fourth-order valence-corrected chi connectivity index (χ4v) is 3.39. The number of carbonyl (C=O) groups excluding carboxylic acids is 1. The van der Waals surface area contributed by atoms with Crippen LogP contribution < -0.4 is 9.47 Å². The molecule has 0 aromatic heterocycles. The van der Waals surface area contributed by atoms with Gasteiger partial charge >= 0.3 is 5.97 Å². The molecule has 29 heavy (non-hydrogen) atoms. The summed E-state index contributed by atoms with van der Waals surface area (Å²) in [7, 11) is 0. The van der Waals surface area contributed by atoms with Crippen molar-refractivity contribution in [1.82, 2.24) is 4.90 Å². The van der Waals surface area contributed by atoms with Crippen LogP contribution in [0.1, 0.15) is 33.6 Å². The van der Waals surface area contributed by atoms with E-state index in [-0.39, 0.29) is 12.0 Å². The van der Waals surface area contributed by atoms with Crippen LogP contribution in [0.5, 0.6) is 17.2 Å². The molecule has 1 fully saturated rings. The van der Waals surface area contributed by atoms with Crippen molar-refractivity contribution in [3.05, 3.63) is 53.6 Å². The number of likely N-dealkylation sites (tertiary alicyclic amines) is 1. The van der Waals surface area contributed by atoms with Crippen LogP contribution in [0.15, 0.2) is 48.5 Å². The molecule has 3 rings (SSSR count). The van der Waals surface area contributed by atoms with Gasteiger partial charge in [-0.3, -0.25) is 9.69 Å². The van der Waals surface area contributed by atoms with Gasteiger partial charge in [-0.2, -0.15) is 0 Å². The molecule has 1 saturated heterocycles. The lowest BCUT2D eigenvalue weighted by molar-refractivity contribution is -0.156. The summed E-state index contributed by atoms with van der Waals surface area (Å²) >= 11 is 5.89. The smallest absolute Gasteiger partial charge is 0.320 e. The summed E-state index contributed by atoms with van der Waals surface area (Å²) in [4.78, 5) is 14.3. The average molecular weight is 418 g/mol. The minimum Gasteiger partial charge on any atom is -0.492 e. The molecule has 5 nitrogen and oxygen atoms in total. The van der Waals surface area contributed by atoms with Crippen LogP contribution in [0, 0.1) is 0 Å². The van der Waals surface area contributed by atoms with Crippen molar-refractivity contribution in [2.45, 2.75) is 45.3 Å². The minimum atomic E-state index is -0.460. The topological polar surface area (TPSA) is 48.0 Å². The molecule has 1 heterocycles.